The van der Waals surface area contributed by atoms with Gasteiger partial charge in [-0.3, -0.25) is 4.79 Å². The quantitative estimate of drug-likeness (QED) is 0.574. The first kappa shape index (κ1) is 15.5. The number of nitrogens with zero attached hydrogens (tertiary/aromatic N) is 2. The van der Waals surface area contributed by atoms with E-state index in [1.54, 1.807) is 20.0 Å². The highest BCUT2D eigenvalue weighted by atomic mass is 32.2. The highest BCUT2D eigenvalue weighted by Crippen LogP contribution is 2.39. The molecule has 3 aromatic rings. The molecular formula is C18H16N2O2S. The van der Waals surface area contributed by atoms with Crippen molar-refractivity contribution < 1.29 is 9.90 Å². The number of aromatic nitrogens is 2. The summed E-state index contributed by atoms with van der Waals surface area (Å²) in [5.41, 5.74) is 1.86. The first-order valence-electron chi connectivity index (χ1n) is 7.19. The number of carboxylic acid groups (broad SMARTS) is 1. The molecule has 0 aliphatic heterocycles. The van der Waals surface area contributed by atoms with Crippen molar-refractivity contribution in [3.05, 3.63) is 55.0 Å². The lowest BCUT2D eigenvalue weighted by Gasteiger charge is -2.19. The molecule has 1 N–H and O–H groups in total. The summed E-state index contributed by atoms with van der Waals surface area (Å²) >= 11 is 1.23. The van der Waals surface area contributed by atoms with Crippen LogP contribution in [0.3, 0.4) is 0 Å². The Hall–Kier alpha value is -2.40. The summed E-state index contributed by atoms with van der Waals surface area (Å²) in [7, 11) is 0. The van der Waals surface area contributed by atoms with Gasteiger partial charge in [-0.15, -0.1) is 0 Å². The number of benzene rings is 2. The molecule has 0 unspecified atom stereocenters. The molecule has 0 aliphatic carbocycles. The predicted octanol–water partition coefficient (Wildman–Crippen LogP) is 4.25. The summed E-state index contributed by atoms with van der Waals surface area (Å²) in [4.78, 5) is 19.9. The predicted molar refractivity (Wildman–Crippen MR) is 92.5 cm³/mol. The first-order valence-corrected chi connectivity index (χ1v) is 8.01. The summed E-state index contributed by atoms with van der Waals surface area (Å²) in [5, 5.41) is 12.3. The van der Waals surface area contributed by atoms with Crippen molar-refractivity contribution in [2.45, 2.75) is 23.6 Å². The summed E-state index contributed by atoms with van der Waals surface area (Å²) in [6, 6.07) is 14.1. The van der Waals surface area contributed by atoms with Crippen LogP contribution < -0.4 is 0 Å². The molecule has 1 heterocycles. The van der Waals surface area contributed by atoms with Crippen LogP contribution in [0.4, 0.5) is 0 Å². The van der Waals surface area contributed by atoms with Crippen molar-refractivity contribution in [3.8, 4) is 11.1 Å². The Morgan fingerprint density at radius 1 is 1.09 bits per heavy atom. The van der Waals surface area contributed by atoms with E-state index in [1.165, 1.54) is 18.1 Å². The zero-order valence-corrected chi connectivity index (χ0v) is 13.7. The van der Waals surface area contributed by atoms with Gasteiger partial charge in [0.1, 0.15) is 16.1 Å². The molecule has 0 saturated heterocycles. The molecule has 0 aliphatic rings. The van der Waals surface area contributed by atoms with E-state index < -0.39 is 10.7 Å². The first-order chi connectivity index (χ1) is 11.0. The third-order valence-corrected chi connectivity index (χ3v) is 4.83. The molecule has 5 heteroatoms. The van der Waals surface area contributed by atoms with Crippen LogP contribution in [-0.4, -0.2) is 25.8 Å². The van der Waals surface area contributed by atoms with E-state index in [2.05, 4.69) is 28.2 Å². The van der Waals surface area contributed by atoms with E-state index in [0.29, 0.717) is 5.03 Å². The van der Waals surface area contributed by atoms with Gasteiger partial charge in [0, 0.05) is 11.8 Å². The van der Waals surface area contributed by atoms with E-state index in [9.17, 15) is 9.90 Å². The lowest BCUT2D eigenvalue weighted by atomic mass is 10.0. The van der Waals surface area contributed by atoms with Crippen molar-refractivity contribution in [2.75, 3.05) is 0 Å². The van der Waals surface area contributed by atoms with Gasteiger partial charge >= 0.3 is 5.97 Å². The Bertz CT molecular complexity index is 872. The van der Waals surface area contributed by atoms with E-state index in [0.717, 1.165) is 21.9 Å². The molecule has 1 aromatic heterocycles. The van der Waals surface area contributed by atoms with Crippen molar-refractivity contribution in [1.29, 1.82) is 0 Å². The SMILES string of the molecule is CC(C)(Sc1ncncc1-c1cccc2ccccc12)C(=O)O. The molecule has 0 spiro atoms. The van der Waals surface area contributed by atoms with Crippen molar-refractivity contribution in [1.82, 2.24) is 9.97 Å². The van der Waals surface area contributed by atoms with Gasteiger partial charge in [0.05, 0.1) is 0 Å². The average Bonchev–Trinajstić information content (AvgIpc) is 2.54. The molecule has 0 radical (unpaired) electrons. The average molecular weight is 324 g/mol. The molecule has 0 fully saturated rings. The molecule has 0 amide bonds. The van der Waals surface area contributed by atoms with Gasteiger partial charge in [-0.1, -0.05) is 54.2 Å². The minimum Gasteiger partial charge on any atom is -0.480 e. The van der Waals surface area contributed by atoms with Crippen LogP contribution in [0.2, 0.25) is 0 Å². The lowest BCUT2D eigenvalue weighted by molar-refractivity contribution is -0.138. The van der Waals surface area contributed by atoms with Crippen molar-refractivity contribution in [2.24, 2.45) is 0 Å². The number of hydrogen-bond donors (Lipinski definition) is 1. The van der Waals surface area contributed by atoms with Gasteiger partial charge in [-0.2, -0.15) is 0 Å². The third-order valence-electron chi connectivity index (χ3n) is 3.62. The monoisotopic (exact) mass is 324 g/mol. The fourth-order valence-electron chi connectivity index (χ4n) is 2.33. The van der Waals surface area contributed by atoms with E-state index in [1.807, 2.05) is 24.3 Å². The van der Waals surface area contributed by atoms with E-state index in [-0.39, 0.29) is 0 Å². The lowest BCUT2D eigenvalue weighted by Crippen LogP contribution is -2.27. The molecule has 0 atom stereocenters. The Kier molecular flexibility index (Phi) is 4.05. The van der Waals surface area contributed by atoms with Crippen LogP contribution in [0.15, 0.2) is 60.0 Å². The highest BCUT2D eigenvalue weighted by molar-refractivity contribution is 8.01. The largest absolute Gasteiger partial charge is 0.480 e. The summed E-state index contributed by atoms with van der Waals surface area (Å²) in [5.74, 6) is -0.870. The van der Waals surface area contributed by atoms with Gasteiger partial charge in [-0.25, -0.2) is 9.97 Å². The van der Waals surface area contributed by atoms with Crippen LogP contribution in [-0.2, 0) is 4.79 Å². The zero-order valence-electron chi connectivity index (χ0n) is 12.9. The fourth-order valence-corrected chi connectivity index (χ4v) is 3.27. The standard InChI is InChI=1S/C18H16N2O2S/c1-18(2,17(21)22)23-16-15(10-19-11-20-16)14-9-5-7-12-6-3-4-8-13(12)14/h3-11H,1-2H3,(H,21,22). The Morgan fingerprint density at radius 2 is 1.83 bits per heavy atom. The van der Waals surface area contributed by atoms with Crippen LogP contribution >= 0.6 is 11.8 Å². The van der Waals surface area contributed by atoms with Crippen LogP contribution in [0.25, 0.3) is 21.9 Å². The Labute approximate surface area is 138 Å². The maximum absolute atomic E-state index is 11.4. The van der Waals surface area contributed by atoms with E-state index in [4.69, 9.17) is 0 Å². The smallest absolute Gasteiger partial charge is 0.319 e. The highest BCUT2D eigenvalue weighted by Gasteiger charge is 2.30. The normalized spacial score (nSPS) is 11.6. The number of fused-ring (bicyclic) bond motifs is 1. The summed E-state index contributed by atoms with van der Waals surface area (Å²) in [6.07, 6.45) is 3.20. The van der Waals surface area contributed by atoms with Gasteiger partial charge in [0.2, 0.25) is 0 Å². The minimum absolute atomic E-state index is 0.670. The molecule has 23 heavy (non-hydrogen) atoms. The van der Waals surface area contributed by atoms with Gasteiger partial charge < -0.3 is 5.11 Å². The Morgan fingerprint density at radius 3 is 2.61 bits per heavy atom. The van der Waals surface area contributed by atoms with Gasteiger partial charge in [-0.05, 0) is 30.2 Å². The molecule has 116 valence electrons. The molecule has 0 bridgehead atoms. The second kappa shape index (κ2) is 6.01. The molecule has 2 aromatic carbocycles. The number of hydrogen-bond acceptors (Lipinski definition) is 4. The second-order valence-electron chi connectivity index (χ2n) is 5.69. The van der Waals surface area contributed by atoms with Crippen molar-refractivity contribution in [3.63, 3.8) is 0 Å². The second-order valence-corrected chi connectivity index (χ2v) is 7.30. The van der Waals surface area contributed by atoms with Gasteiger partial charge in [0.25, 0.3) is 0 Å². The minimum atomic E-state index is -0.965. The summed E-state index contributed by atoms with van der Waals surface area (Å²) in [6.45, 7) is 3.35. The number of thioether (sulfide) groups is 1. The Balaban J connectivity index is 2.15. The zero-order chi connectivity index (χ0) is 16.4. The number of aliphatic carboxylic acids is 1. The van der Waals surface area contributed by atoms with Crippen LogP contribution in [0.1, 0.15) is 13.8 Å². The maximum Gasteiger partial charge on any atom is 0.319 e. The third kappa shape index (κ3) is 3.05. The number of carboxylic acids is 1. The van der Waals surface area contributed by atoms with Gasteiger partial charge in [0.15, 0.2) is 0 Å². The summed E-state index contributed by atoms with van der Waals surface area (Å²) < 4.78 is -0.965. The number of rotatable bonds is 4. The molecule has 4 nitrogen and oxygen atoms in total. The molecule has 3 rings (SSSR count). The topological polar surface area (TPSA) is 63.1 Å². The van der Waals surface area contributed by atoms with Crippen LogP contribution in [0, 0.1) is 0 Å². The molecule has 0 saturated carbocycles. The van der Waals surface area contributed by atoms with Crippen LogP contribution in [0.5, 0.6) is 0 Å². The fraction of sp³-hybridized carbons (Fsp3) is 0.167. The maximum atomic E-state index is 11.4. The van der Waals surface area contributed by atoms with E-state index >= 15 is 0 Å². The number of carbonyl (C=O) groups is 1. The molecular weight excluding hydrogens is 308 g/mol. The van der Waals surface area contributed by atoms with Crippen molar-refractivity contribution >= 4 is 28.5 Å².